The Hall–Kier alpha value is -0.0500. The summed E-state index contributed by atoms with van der Waals surface area (Å²) in [6, 6.07) is 2.87. The summed E-state index contributed by atoms with van der Waals surface area (Å²) in [4.78, 5) is -0.178. The molecule has 0 atom stereocenters. The molecule has 0 radical (unpaired) electrons. The molecule has 0 spiro atoms. The maximum Gasteiger partial charge on any atom is 0.265 e. The number of benzene rings is 1. The first-order valence-electron chi connectivity index (χ1n) is 5.99. The fraction of sp³-hybridized carbons (Fsp3) is 0.500. The third-order valence-corrected chi connectivity index (χ3v) is 4.41. The summed E-state index contributed by atoms with van der Waals surface area (Å²) in [6.07, 6.45) is 0.775. The van der Waals surface area contributed by atoms with Gasteiger partial charge in [-0.15, -0.1) is 0 Å². The van der Waals surface area contributed by atoms with E-state index in [2.05, 4.69) is 15.9 Å². The Morgan fingerprint density at radius 1 is 1.19 bits per heavy atom. The second-order valence-electron chi connectivity index (χ2n) is 3.96. The second-order valence-corrected chi connectivity index (χ2v) is 7.82. The van der Waals surface area contributed by atoms with Gasteiger partial charge in [0.1, 0.15) is 11.5 Å². The lowest BCUT2D eigenvalue weighted by molar-refractivity contribution is 0.0800. The van der Waals surface area contributed by atoms with Crippen LogP contribution in [0.2, 0.25) is 5.02 Å². The van der Waals surface area contributed by atoms with Crippen molar-refractivity contribution in [2.75, 3.05) is 33.5 Å². The summed E-state index contributed by atoms with van der Waals surface area (Å²) in [5, 5.41) is 0.156. The number of halogens is 3. The molecule has 21 heavy (non-hydrogen) atoms. The number of rotatable bonds is 9. The molecule has 1 rings (SSSR count). The van der Waals surface area contributed by atoms with E-state index in [9.17, 15) is 8.42 Å². The van der Waals surface area contributed by atoms with E-state index in [-0.39, 0.29) is 22.3 Å². The van der Waals surface area contributed by atoms with Gasteiger partial charge >= 0.3 is 0 Å². The zero-order valence-electron chi connectivity index (χ0n) is 11.3. The van der Waals surface area contributed by atoms with E-state index in [1.165, 1.54) is 12.1 Å². The smallest absolute Gasteiger partial charge is 0.265 e. The molecule has 0 N–H and O–H groups in total. The topological polar surface area (TPSA) is 61.8 Å². The van der Waals surface area contributed by atoms with Crippen LogP contribution in [-0.4, -0.2) is 42.0 Å². The fourth-order valence-electron chi connectivity index (χ4n) is 1.47. The molecule has 120 valence electrons. The maximum absolute atomic E-state index is 11.5. The zero-order chi connectivity index (χ0) is 15.9. The van der Waals surface area contributed by atoms with Gasteiger partial charge in [-0.2, -0.15) is 0 Å². The first kappa shape index (κ1) is 19.0. The van der Waals surface area contributed by atoms with Crippen LogP contribution in [0.4, 0.5) is 0 Å². The average Bonchev–Trinajstić information content (AvgIpc) is 2.38. The van der Waals surface area contributed by atoms with Crippen LogP contribution >= 0.6 is 38.2 Å². The number of hydrogen-bond acceptors (Lipinski definition) is 5. The summed E-state index contributed by atoms with van der Waals surface area (Å²) >= 11 is 9.14. The van der Waals surface area contributed by atoms with Gasteiger partial charge in [-0.1, -0.05) is 27.5 Å². The van der Waals surface area contributed by atoms with Crippen LogP contribution in [0, 0.1) is 0 Å². The summed E-state index contributed by atoms with van der Waals surface area (Å²) in [6.45, 7) is 1.62. The number of hydrogen-bond donors (Lipinski definition) is 0. The molecule has 0 bridgehead atoms. The highest BCUT2D eigenvalue weighted by Crippen LogP contribution is 2.37. The van der Waals surface area contributed by atoms with Gasteiger partial charge in [0, 0.05) is 35.5 Å². The van der Waals surface area contributed by atoms with Crippen molar-refractivity contribution in [3.63, 3.8) is 0 Å². The minimum absolute atomic E-state index is 0.0235. The van der Waals surface area contributed by atoms with Crippen LogP contribution in [0.5, 0.6) is 5.75 Å². The molecule has 0 aliphatic carbocycles. The van der Waals surface area contributed by atoms with Crippen LogP contribution in [0.15, 0.2) is 21.5 Å². The van der Waals surface area contributed by atoms with Crippen molar-refractivity contribution in [1.82, 2.24) is 0 Å². The monoisotopic (exact) mass is 420 g/mol. The maximum atomic E-state index is 11.5. The first-order valence-corrected chi connectivity index (χ1v) is 9.47. The lowest BCUT2D eigenvalue weighted by atomic mass is 10.3. The van der Waals surface area contributed by atoms with Crippen molar-refractivity contribution >= 4 is 47.3 Å². The molecule has 0 unspecified atom stereocenters. The van der Waals surface area contributed by atoms with E-state index >= 15 is 0 Å². The molecule has 0 fully saturated rings. The molecule has 0 heterocycles. The van der Waals surface area contributed by atoms with Crippen LogP contribution in [0.3, 0.4) is 0 Å². The van der Waals surface area contributed by atoms with Crippen LogP contribution < -0.4 is 4.74 Å². The van der Waals surface area contributed by atoms with E-state index < -0.39 is 9.05 Å². The molecule has 0 amide bonds. The molecule has 0 aliphatic rings. The van der Waals surface area contributed by atoms with E-state index in [0.717, 1.165) is 6.42 Å². The molecule has 5 nitrogen and oxygen atoms in total. The Labute approximate surface area is 142 Å². The Bertz CT molecular complexity index is 565. The minimum atomic E-state index is -3.96. The van der Waals surface area contributed by atoms with E-state index in [4.69, 9.17) is 36.5 Å². The fourth-order valence-corrected chi connectivity index (χ4v) is 3.54. The van der Waals surface area contributed by atoms with Gasteiger partial charge in [-0.25, -0.2) is 8.42 Å². The number of ether oxygens (including phenoxy) is 3. The highest BCUT2D eigenvalue weighted by molar-refractivity contribution is 9.10. The van der Waals surface area contributed by atoms with Crippen LogP contribution in [-0.2, 0) is 18.5 Å². The van der Waals surface area contributed by atoms with Crippen molar-refractivity contribution in [3.8, 4) is 5.75 Å². The Morgan fingerprint density at radius 2 is 1.90 bits per heavy atom. The van der Waals surface area contributed by atoms with Gasteiger partial charge in [0.15, 0.2) is 5.75 Å². The molecule has 1 aromatic carbocycles. The average molecular weight is 422 g/mol. The molecule has 0 saturated carbocycles. The normalized spacial score (nSPS) is 11.6. The van der Waals surface area contributed by atoms with Crippen LogP contribution in [0.1, 0.15) is 6.42 Å². The summed E-state index contributed by atoms with van der Waals surface area (Å²) < 4.78 is 39.1. The van der Waals surface area contributed by atoms with Crippen molar-refractivity contribution in [2.24, 2.45) is 0 Å². The van der Waals surface area contributed by atoms with Gasteiger partial charge in [-0.3, -0.25) is 0 Å². The molecular formula is C12H15BrCl2O5S. The third kappa shape index (κ3) is 6.71. The molecule has 1 aromatic rings. The molecular weight excluding hydrogens is 407 g/mol. The third-order valence-electron chi connectivity index (χ3n) is 2.35. The van der Waals surface area contributed by atoms with Crippen molar-refractivity contribution < 1.29 is 22.6 Å². The molecule has 0 aromatic heterocycles. The first-order chi connectivity index (χ1) is 9.86. The highest BCUT2D eigenvalue weighted by Gasteiger charge is 2.21. The Morgan fingerprint density at radius 3 is 2.52 bits per heavy atom. The second kappa shape index (κ2) is 9.17. The van der Waals surface area contributed by atoms with Crippen molar-refractivity contribution in [1.29, 1.82) is 0 Å². The van der Waals surface area contributed by atoms with Crippen molar-refractivity contribution in [3.05, 3.63) is 21.6 Å². The highest BCUT2D eigenvalue weighted by atomic mass is 79.9. The standard InChI is InChI=1S/C12H15BrCl2O5S/c1-18-3-2-4-19-5-6-20-12-10(14)7-9(13)8-11(12)21(15,16)17/h7-8H,2-6H2,1H3. The number of methoxy groups -OCH3 is 1. The predicted molar refractivity (Wildman–Crippen MR) is 85.0 cm³/mol. The Balaban J connectivity index is 2.63. The predicted octanol–water partition coefficient (Wildman–Crippen LogP) is 3.46. The zero-order valence-corrected chi connectivity index (χ0v) is 15.2. The summed E-state index contributed by atoms with van der Waals surface area (Å²) in [5.41, 5.74) is 0. The lowest BCUT2D eigenvalue weighted by Crippen LogP contribution is -2.10. The van der Waals surface area contributed by atoms with Gasteiger partial charge in [0.05, 0.1) is 11.6 Å². The SMILES string of the molecule is COCCCOCCOc1c(Cl)cc(Br)cc1S(=O)(=O)Cl. The molecule has 9 heteroatoms. The van der Waals surface area contributed by atoms with Gasteiger partial charge in [0.2, 0.25) is 0 Å². The van der Waals surface area contributed by atoms with E-state index in [1.54, 1.807) is 7.11 Å². The molecule has 0 saturated heterocycles. The Kier molecular flexibility index (Phi) is 8.30. The minimum Gasteiger partial charge on any atom is -0.488 e. The van der Waals surface area contributed by atoms with E-state index in [0.29, 0.717) is 24.3 Å². The summed E-state index contributed by atoms with van der Waals surface area (Å²) in [5.74, 6) is 0.0235. The largest absolute Gasteiger partial charge is 0.488 e. The van der Waals surface area contributed by atoms with Gasteiger partial charge in [-0.05, 0) is 18.6 Å². The van der Waals surface area contributed by atoms with Crippen molar-refractivity contribution in [2.45, 2.75) is 11.3 Å². The van der Waals surface area contributed by atoms with E-state index in [1.807, 2.05) is 0 Å². The summed E-state index contributed by atoms with van der Waals surface area (Å²) in [7, 11) is 3.03. The molecule has 0 aliphatic heterocycles. The van der Waals surface area contributed by atoms with Crippen LogP contribution in [0.25, 0.3) is 0 Å². The quantitative estimate of drug-likeness (QED) is 0.451. The van der Waals surface area contributed by atoms with Gasteiger partial charge < -0.3 is 14.2 Å². The lowest BCUT2D eigenvalue weighted by Gasteiger charge is -2.12. The van der Waals surface area contributed by atoms with Gasteiger partial charge in [0.25, 0.3) is 9.05 Å².